The van der Waals surface area contributed by atoms with Crippen LogP contribution in [-0.2, 0) is 23.9 Å². The summed E-state index contributed by atoms with van der Waals surface area (Å²) >= 11 is 0. The molecular formula is C14H25NO6. The zero-order chi connectivity index (χ0) is 16.8. The SMILES string of the molecule is CC(C)[C@H](N)C(=O)OC(CCC(=O)O)C(=O)OC(C)(C)C. The Balaban J connectivity index is 4.85. The molecule has 0 saturated heterocycles. The topological polar surface area (TPSA) is 116 Å². The van der Waals surface area contributed by atoms with Gasteiger partial charge in [-0.2, -0.15) is 0 Å². The molecule has 0 radical (unpaired) electrons. The largest absolute Gasteiger partial charge is 0.481 e. The molecule has 21 heavy (non-hydrogen) atoms. The number of hydrogen-bond donors (Lipinski definition) is 2. The fourth-order valence-electron chi connectivity index (χ4n) is 1.34. The number of carboxylic acid groups (broad SMARTS) is 1. The second kappa shape index (κ2) is 7.97. The van der Waals surface area contributed by atoms with Gasteiger partial charge in [-0.25, -0.2) is 4.79 Å². The number of hydrogen-bond acceptors (Lipinski definition) is 6. The second-order valence-corrected chi connectivity index (χ2v) is 6.16. The van der Waals surface area contributed by atoms with Crippen molar-refractivity contribution in [3.8, 4) is 0 Å². The first-order valence-corrected chi connectivity index (χ1v) is 6.84. The van der Waals surface area contributed by atoms with Crippen molar-refractivity contribution in [2.24, 2.45) is 11.7 Å². The fourth-order valence-corrected chi connectivity index (χ4v) is 1.34. The maximum absolute atomic E-state index is 12.0. The van der Waals surface area contributed by atoms with E-state index in [-0.39, 0.29) is 18.8 Å². The summed E-state index contributed by atoms with van der Waals surface area (Å²) in [5, 5.41) is 8.69. The Morgan fingerprint density at radius 2 is 1.67 bits per heavy atom. The van der Waals surface area contributed by atoms with E-state index in [4.69, 9.17) is 20.3 Å². The van der Waals surface area contributed by atoms with Gasteiger partial charge in [-0.15, -0.1) is 0 Å². The van der Waals surface area contributed by atoms with E-state index >= 15 is 0 Å². The number of carbonyl (C=O) groups excluding carboxylic acids is 2. The number of esters is 2. The van der Waals surface area contributed by atoms with Gasteiger partial charge in [0.2, 0.25) is 0 Å². The Morgan fingerprint density at radius 1 is 1.14 bits per heavy atom. The van der Waals surface area contributed by atoms with Gasteiger partial charge in [-0.1, -0.05) is 13.8 Å². The van der Waals surface area contributed by atoms with E-state index in [0.717, 1.165) is 0 Å². The standard InChI is InChI=1S/C14H25NO6/c1-8(2)11(15)13(19)20-9(6-7-10(16)17)12(18)21-14(3,4)5/h8-9,11H,6-7,15H2,1-5H3,(H,16,17)/t9?,11-/m0/s1. The summed E-state index contributed by atoms with van der Waals surface area (Å²) in [6, 6.07) is -0.875. The average Bonchev–Trinajstić information content (AvgIpc) is 2.30. The molecule has 0 fully saturated rings. The summed E-state index contributed by atoms with van der Waals surface area (Å²) in [4.78, 5) is 34.4. The molecule has 3 N–H and O–H groups in total. The monoisotopic (exact) mass is 303 g/mol. The van der Waals surface area contributed by atoms with Crippen LogP contribution in [0.5, 0.6) is 0 Å². The van der Waals surface area contributed by atoms with Gasteiger partial charge in [0.15, 0.2) is 6.10 Å². The van der Waals surface area contributed by atoms with Gasteiger partial charge in [0.05, 0.1) is 0 Å². The summed E-state index contributed by atoms with van der Waals surface area (Å²) in [6.45, 7) is 8.49. The molecule has 7 heteroatoms. The Bertz CT molecular complexity index is 385. The van der Waals surface area contributed by atoms with Crippen molar-refractivity contribution in [2.45, 2.75) is 65.2 Å². The zero-order valence-electron chi connectivity index (χ0n) is 13.2. The average molecular weight is 303 g/mol. The summed E-state index contributed by atoms with van der Waals surface area (Å²) in [5.41, 5.74) is 4.89. The van der Waals surface area contributed by atoms with Crippen LogP contribution >= 0.6 is 0 Å². The van der Waals surface area contributed by atoms with Crippen LogP contribution in [0.25, 0.3) is 0 Å². The third-order valence-electron chi connectivity index (χ3n) is 2.54. The smallest absolute Gasteiger partial charge is 0.347 e. The Morgan fingerprint density at radius 3 is 2.05 bits per heavy atom. The zero-order valence-corrected chi connectivity index (χ0v) is 13.2. The van der Waals surface area contributed by atoms with Crippen LogP contribution in [0.4, 0.5) is 0 Å². The summed E-state index contributed by atoms with van der Waals surface area (Å²) in [7, 11) is 0. The number of carboxylic acids is 1. The molecule has 0 aromatic heterocycles. The normalized spacial score (nSPS) is 14.4. The second-order valence-electron chi connectivity index (χ2n) is 6.16. The molecule has 2 atom stereocenters. The van der Waals surface area contributed by atoms with E-state index in [1.165, 1.54) is 0 Å². The first-order chi connectivity index (χ1) is 9.44. The predicted molar refractivity (Wildman–Crippen MR) is 75.4 cm³/mol. The van der Waals surface area contributed by atoms with Gasteiger partial charge in [0, 0.05) is 12.8 Å². The molecule has 0 bridgehead atoms. The van der Waals surface area contributed by atoms with Crippen LogP contribution in [-0.4, -0.2) is 40.8 Å². The Kier molecular flexibility index (Phi) is 7.35. The molecule has 0 spiro atoms. The van der Waals surface area contributed by atoms with Gasteiger partial charge in [0.25, 0.3) is 0 Å². The summed E-state index contributed by atoms with van der Waals surface area (Å²) in [6.07, 6.45) is -1.73. The Labute approximate surface area is 124 Å². The van der Waals surface area contributed by atoms with Crippen LogP contribution in [0.1, 0.15) is 47.5 Å². The predicted octanol–water partition coefficient (Wildman–Crippen LogP) is 1.09. The van der Waals surface area contributed by atoms with Gasteiger partial charge < -0.3 is 20.3 Å². The number of aliphatic carboxylic acids is 1. The van der Waals surface area contributed by atoms with Gasteiger partial charge in [0.1, 0.15) is 11.6 Å². The van der Waals surface area contributed by atoms with E-state index in [9.17, 15) is 14.4 Å². The molecule has 0 aromatic rings. The van der Waals surface area contributed by atoms with Gasteiger partial charge in [-0.05, 0) is 26.7 Å². The minimum absolute atomic E-state index is 0.152. The lowest BCUT2D eigenvalue weighted by atomic mass is 10.1. The van der Waals surface area contributed by atoms with Crippen molar-refractivity contribution in [3.63, 3.8) is 0 Å². The molecular weight excluding hydrogens is 278 g/mol. The van der Waals surface area contributed by atoms with Crippen molar-refractivity contribution >= 4 is 17.9 Å². The molecule has 0 rings (SSSR count). The first kappa shape index (κ1) is 19.4. The first-order valence-electron chi connectivity index (χ1n) is 6.84. The van der Waals surface area contributed by atoms with Crippen molar-refractivity contribution in [2.75, 3.05) is 0 Å². The summed E-state index contributed by atoms with van der Waals surface area (Å²) in [5.74, 6) is -2.76. The molecule has 0 heterocycles. The fraction of sp³-hybridized carbons (Fsp3) is 0.786. The number of nitrogens with two attached hydrogens (primary N) is 1. The lowest BCUT2D eigenvalue weighted by Gasteiger charge is -2.25. The summed E-state index contributed by atoms with van der Waals surface area (Å²) < 4.78 is 10.2. The van der Waals surface area contributed by atoms with E-state index in [0.29, 0.717) is 0 Å². The molecule has 0 aliphatic heterocycles. The molecule has 7 nitrogen and oxygen atoms in total. The van der Waals surface area contributed by atoms with Crippen molar-refractivity contribution in [1.82, 2.24) is 0 Å². The highest BCUT2D eigenvalue weighted by Crippen LogP contribution is 2.14. The minimum Gasteiger partial charge on any atom is -0.481 e. The highest BCUT2D eigenvalue weighted by Gasteiger charge is 2.31. The van der Waals surface area contributed by atoms with E-state index in [1.54, 1.807) is 34.6 Å². The third-order valence-corrected chi connectivity index (χ3v) is 2.54. The maximum atomic E-state index is 12.0. The molecule has 0 amide bonds. The third kappa shape index (κ3) is 8.29. The number of carbonyl (C=O) groups is 3. The van der Waals surface area contributed by atoms with Crippen molar-refractivity contribution in [3.05, 3.63) is 0 Å². The van der Waals surface area contributed by atoms with Crippen molar-refractivity contribution < 1.29 is 29.0 Å². The molecule has 0 aliphatic rings. The number of ether oxygens (including phenoxy) is 2. The van der Waals surface area contributed by atoms with Crippen molar-refractivity contribution in [1.29, 1.82) is 0 Å². The minimum atomic E-state index is -1.27. The lowest BCUT2D eigenvalue weighted by molar-refractivity contribution is -0.177. The van der Waals surface area contributed by atoms with Gasteiger partial charge in [-0.3, -0.25) is 9.59 Å². The molecule has 0 aromatic carbocycles. The quantitative estimate of drug-likeness (QED) is 0.676. The van der Waals surface area contributed by atoms with Gasteiger partial charge >= 0.3 is 17.9 Å². The molecule has 122 valence electrons. The van der Waals surface area contributed by atoms with Crippen LogP contribution in [0, 0.1) is 5.92 Å². The van der Waals surface area contributed by atoms with Crippen LogP contribution in [0.3, 0.4) is 0 Å². The van der Waals surface area contributed by atoms with E-state index < -0.39 is 35.7 Å². The van der Waals surface area contributed by atoms with E-state index in [2.05, 4.69) is 0 Å². The highest BCUT2D eigenvalue weighted by atomic mass is 16.6. The lowest BCUT2D eigenvalue weighted by Crippen LogP contribution is -2.42. The Hall–Kier alpha value is -1.63. The number of rotatable bonds is 7. The molecule has 0 saturated carbocycles. The molecule has 1 unspecified atom stereocenters. The van der Waals surface area contributed by atoms with E-state index in [1.807, 2.05) is 0 Å². The highest BCUT2D eigenvalue weighted by molar-refractivity contribution is 5.82. The van der Waals surface area contributed by atoms with Crippen LogP contribution in [0.15, 0.2) is 0 Å². The van der Waals surface area contributed by atoms with Crippen LogP contribution in [0.2, 0.25) is 0 Å². The molecule has 0 aliphatic carbocycles. The van der Waals surface area contributed by atoms with Crippen LogP contribution < -0.4 is 5.73 Å². The maximum Gasteiger partial charge on any atom is 0.347 e.